The number of nitrogens with one attached hydrogen (secondary N) is 2. The molecular weight excluding hydrogens is 320 g/mol. The molecule has 3 heterocycles. The van der Waals surface area contributed by atoms with E-state index in [0.29, 0.717) is 0 Å². The average molecular weight is 344 g/mol. The van der Waals surface area contributed by atoms with Crippen molar-refractivity contribution in [2.45, 2.75) is 70.0 Å². The Morgan fingerprint density at radius 3 is 2.17 bits per heavy atom. The van der Waals surface area contributed by atoms with Crippen LogP contribution in [0.3, 0.4) is 0 Å². The summed E-state index contributed by atoms with van der Waals surface area (Å²) in [7, 11) is 1.49. The van der Waals surface area contributed by atoms with E-state index >= 15 is 0 Å². The lowest BCUT2D eigenvalue weighted by Crippen LogP contribution is -2.60. The number of carbonyl (C=O) groups is 2. The molecule has 0 spiro atoms. The Bertz CT molecular complexity index is 536. The van der Waals surface area contributed by atoms with Crippen molar-refractivity contribution in [1.29, 1.82) is 0 Å². The van der Waals surface area contributed by atoms with Crippen LogP contribution in [0.1, 0.15) is 27.7 Å². The molecule has 0 radical (unpaired) electrons. The van der Waals surface area contributed by atoms with Crippen LogP contribution in [0.15, 0.2) is 0 Å². The summed E-state index contributed by atoms with van der Waals surface area (Å²) in [6.07, 6.45) is -3.34. The van der Waals surface area contributed by atoms with Gasteiger partial charge in [-0.2, -0.15) is 0 Å². The first-order valence-corrected chi connectivity index (χ1v) is 7.97. The van der Waals surface area contributed by atoms with Crippen molar-refractivity contribution in [2.75, 3.05) is 13.6 Å². The van der Waals surface area contributed by atoms with Gasteiger partial charge < -0.3 is 34.3 Å². The molecular formula is C15H24N2O7. The van der Waals surface area contributed by atoms with Crippen molar-refractivity contribution in [3.63, 3.8) is 0 Å². The molecule has 9 nitrogen and oxygen atoms in total. The molecule has 24 heavy (non-hydrogen) atoms. The Morgan fingerprint density at radius 1 is 0.917 bits per heavy atom. The van der Waals surface area contributed by atoms with Gasteiger partial charge in [0.05, 0.1) is 6.54 Å². The molecule has 3 aliphatic rings. The fourth-order valence-electron chi connectivity index (χ4n) is 3.18. The molecule has 0 unspecified atom stereocenters. The predicted octanol–water partition coefficient (Wildman–Crippen LogP) is -0.755. The van der Waals surface area contributed by atoms with E-state index in [0.717, 1.165) is 0 Å². The van der Waals surface area contributed by atoms with E-state index < -0.39 is 48.2 Å². The van der Waals surface area contributed by atoms with Crippen LogP contribution in [-0.2, 0) is 33.3 Å². The summed E-state index contributed by atoms with van der Waals surface area (Å²) in [5.74, 6) is -2.48. The molecule has 0 aromatic heterocycles. The minimum Gasteiger partial charge on any atom is -0.358 e. The summed E-state index contributed by atoms with van der Waals surface area (Å²) in [6.45, 7) is 6.92. The largest absolute Gasteiger partial charge is 0.358 e. The van der Waals surface area contributed by atoms with Gasteiger partial charge in [0.25, 0.3) is 5.91 Å². The van der Waals surface area contributed by atoms with E-state index in [-0.39, 0.29) is 12.5 Å². The van der Waals surface area contributed by atoms with Crippen LogP contribution < -0.4 is 10.6 Å². The maximum absolute atomic E-state index is 12.5. The van der Waals surface area contributed by atoms with Gasteiger partial charge in [-0.25, -0.2) is 0 Å². The highest BCUT2D eigenvalue weighted by Crippen LogP contribution is 2.44. The van der Waals surface area contributed by atoms with Crippen molar-refractivity contribution in [1.82, 2.24) is 10.6 Å². The highest BCUT2D eigenvalue weighted by molar-refractivity contribution is 5.87. The Labute approximate surface area is 140 Å². The first-order chi connectivity index (χ1) is 11.1. The Balaban J connectivity index is 1.77. The van der Waals surface area contributed by atoms with Gasteiger partial charge in [-0.05, 0) is 27.7 Å². The van der Waals surface area contributed by atoms with E-state index in [1.165, 1.54) is 7.05 Å². The van der Waals surface area contributed by atoms with Crippen molar-refractivity contribution < 1.29 is 33.3 Å². The topological polar surface area (TPSA) is 104 Å². The quantitative estimate of drug-likeness (QED) is 0.694. The second kappa shape index (κ2) is 5.92. The lowest BCUT2D eigenvalue weighted by molar-refractivity contribution is -0.231. The zero-order valence-electron chi connectivity index (χ0n) is 14.5. The first-order valence-electron chi connectivity index (χ1n) is 7.97. The number of carbonyl (C=O) groups excluding carboxylic acids is 2. The van der Waals surface area contributed by atoms with Crippen LogP contribution in [0.2, 0.25) is 0 Å². The van der Waals surface area contributed by atoms with E-state index in [2.05, 4.69) is 10.6 Å². The number of rotatable bonds is 3. The smallest absolute Gasteiger partial charge is 0.252 e. The number of hydrogen-bond acceptors (Lipinski definition) is 7. The minimum absolute atomic E-state index is 0.145. The van der Waals surface area contributed by atoms with E-state index in [4.69, 9.17) is 23.7 Å². The fraction of sp³-hybridized carbons (Fsp3) is 0.867. The SMILES string of the molecule is CNC(=O)CNC(=O)[C@@H]1O[C@@H]2OC(C)(C)O[C@@H]2[C@@H]2OC(C)(C)O[C@@H]21. The van der Waals surface area contributed by atoms with Gasteiger partial charge in [0.2, 0.25) is 5.91 Å². The predicted molar refractivity (Wildman–Crippen MR) is 79.6 cm³/mol. The molecule has 136 valence electrons. The normalized spacial score (nSPS) is 39.0. The van der Waals surface area contributed by atoms with Gasteiger partial charge in [0, 0.05) is 7.05 Å². The van der Waals surface area contributed by atoms with Gasteiger partial charge in [0.1, 0.15) is 18.3 Å². The lowest BCUT2D eigenvalue weighted by Gasteiger charge is -2.36. The van der Waals surface area contributed by atoms with Crippen molar-refractivity contribution >= 4 is 11.8 Å². The number of ether oxygens (including phenoxy) is 5. The van der Waals surface area contributed by atoms with Crippen LogP contribution in [0, 0.1) is 0 Å². The summed E-state index contributed by atoms with van der Waals surface area (Å²) in [5.41, 5.74) is 0. The molecule has 0 bridgehead atoms. The minimum atomic E-state index is -0.958. The number of hydrogen-bond donors (Lipinski definition) is 2. The summed E-state index contributed by atoms with van der Waals surface area (Å²) >= 11 is 0. The van der Waals surface area contributed by atoms with Gasteiger partial charge in [-0.3, -0.25) is 9.59 Å². The molecule has 0 saturated carbocycles. The van der Waals surface area contributed by atoms with Gasteiger partial charge in [-0.1, -0.05) is 0 Å². The molecule has 3 rings (SSSR count). The fourth-order valence-corrected chi connectivity index (χ4v) is 3.18. The molecule has 0 aromatic carbocycles. The highest BCUT2D eigenvalue weighted by atomic mass is 16.9. The molecule has 0 aliphatic carbocycles. The van der Waals surface area contributed by atoms with E-state index in [1.807, 2.05) is 0 Å². The van der Waals surface area contributed by atoms with Gasteiger partial charge in [-0.15, -0.1) is 0 Å². The maximum atomic E-state index is 12.5. The molecule has 2 N–H and O–H groups in total. The standard InChI is InChI=1S/C15H24N2O7/c1-14(2)21-8-9(22-14)11-13(24-15(3,4)23-11)20-10(8)12(19)17-6-7(18)16-5/h8-11,13H,6H2,1-5H3,(H,16,18)(H,17,19)/t8-,9+,10+,11+,13+/m0/s1. The third-order valence-corrected chi connectivity index (χ3v) is 4.12. The van der Waals surface area contributed by atoms with Crippen molar-refractivity contribution in [3.05, 3.63) is 0 Å². The van der Waals surface area contributed by atoms with Gasteiger partial charge >= 0.3 is 0 Å². The zero-order chi connectivity index (χ0) is 17.7. The Kier molecular flexibility index (Phi) is 4.33. The van der Waals surface area contributed by atoms with Crippen LogP contribution in [0.4, 0.5) is 0 Å². The van der Waals surface area contributed by atoms with E-state index in [1.54, 1.807) is 27.7 Å². The number of fused-ring (bicyclic) bond motifs is 3. The maximum Gasteiger partial charge on any atom is 0.252 e. The zero-order valence-corrected chi connectivity index (χ0v) is 14.5. The van der Waals surface area contributed by atoms with Crippen LogP contribution >= 0.6 is 0 Å². The third-order valence-electron chi connectivity index (χ3n) is 4.12. The number of amides is 2. The van der Waals surface area contributed by atoms with Crippen molar-refractivity contribution in [3.8, 4) is 0 Å². The summed E-state index contributed by atoms with van der Waals surface area (Å²) in [5, 5.41) is 4.97. The summed E-state index contributed by atoms with van der Waals surface area (Å²) in [4.78, 5) is 23.8. The van der Waals surface area contributed by atoms with E-state index in [9.17, 15) is 9.59 Å². The average Bonchev–Trinajstić information content (AvgIpc) is 2.97. The third kappa shape index (κ3) is 3.27. The lowest BCUT2D eigenvalue weighted by atomic mass is 9.98. The Morgan fingerprint density at radius 2 is 1.50 bits per heavy atom. The van der Waals surface area contributed by atoms with Crippen molar-refractivity contribution in [2.24, 2.45) is 0 Å². The second-order valence-corrected chi connectivity index (χ2v) is 6.98. The molecule has 2 amide bonds. The monoisotopic (exact) mass is 344 g/mol. The van der Waals surface area contributed by atoms with Crippen LogP contribution in [0.25, 0.3) is 0 Å². The molecule has 3 aliphatic heterocycles. The summed E-state index contributed by atoms with van der Waals surface area (Å²) in [6, 6.07) is 0. The second-order valence-electron chi connectivity index (χ2n) is 6.98. The molecule has 9 heteroatoms. The molecule has 3 fully saturated rings. The molecule has 3 saturated heterocycles. The summed E-state index contributed by atoms with van der Waals surface area (Å²) < 4.78 is 29.1. The number of likely N-dealkylation sites (N-methyl/N-ethyl adjacent to an activating group) is 1. The van der Waals surface area contributed by atoms with Crippen LogP contribution in [0.5, 0.6) is 0 Å². The molecule has 0 aromatic rings. The highest BCUT2D eigenvalue weighted by Gasteiger charge is 2.62. The first kappa shape index (κ1) is 17.6. The van der Waals surface area contributed by atoms with Crippen LogP contribution in [-0.4, -0.2) is 67.7 Å². The Hall–Kier alpha value is -1.26. The van der Waals surface area contributed by atoms with Gasteiger partial charge in [0.15, 0.2) is 24.0 Å². The molecule has 5 atom stereocenters.